The molecule has 0 radical (unpaired) electrons. The van der Waals surface area contributed by atoms with E-state index in [2.05, 4.69) is 19.9 Å². The molecule has 8 nitrogen and oxygen atoms in total. The second-order valence-corrected chi connectivity index (χ2v) is 7.94. The number of aromatic amines is 1. The second-order valence-electron chi connectivity index (χ2n) is 7.94. The molecule has 1 fully saturated rings. The fourth-order valence-electron chi connectivity index (χ4n) is 4.65. The molecule has 8 heteroatoms. The Bertz CT molecular complexity index is 1120. The third-order valence-electron chi connectivity index (χ3n) is 6.22. The minimum absolute atomic E-state index is 0.00565. The summed E-state index contributed by atoms with van der Waals surface area (Å²) in [7, 11) is 0. The first-order valence-electron chi connectivity index (χ1n) is 10.4. The molecule has 2 aromatic heterocycles. The van der Waals surface area contributed by atoms with Crippen LogP contribution in [0, 0.1) is 6.92 Å². The highest BCUT2D eigenvalue weighted by Crippen LogP contribution is 2.45. The zero-order valence-electron chi connectivity index (χ0n) is 17.4. The highest BCUT2D eigenvalue weighted by molar-refractivity contribution is 5.55. The summed E-state index contributed by atoms with van der Waals surface area (Å²) in [6.45, 7) is 3.51. The zero-order valence-corrected chi connectivity index (χ0v) is 17.4. The van der Waals surface area contributed by atoms with Crippen molar-refractivity contribution in [3.63, 3.8) is 0 Å². The van der Waals surface area contributed by atoms with Crippen molar-refractivity contribution in [3.8, 4) is 11.4 Å². The van der Waals surface area contributed by atoms with Gasteiger partial charge in [-0.05, 0) is 38.7 Å². The molecule has 3 aromatic rings. The Labute approximate surface area is 180 Å². The number of hydrogen-bond acceptors (Lipinski definition) is 6. The Hall–Kier alpha value is -3.55. The number of aromatic nitrogens is 4. The molecular weight excluding hydrogens is 394 g/mol. The molecule has 0 amide bonds. The maximum Gasteiger partial charge on any atom is 0.290 e. The van der Waals surface area contributed by atoms with E-state index in [-0.39, 0.29) is 17.4 Å². The lowest BCUT2D eigenvalue weighted by atomic mass is 9.76. The van der Waals surface area contributed by atoms with Crippen molar-refractivity contribution >= 4 is 12.3 Å². The van der Waals surface area contributed by atoms with Crippen molar-refractivity contribution in [1.29, 1.82) is 0 Å². The van der Waals surface area contributed by atoms with Gasteiger partial charge >= 0.3 is 0 Å². The predicted molar refractivity (Wildman–Crippen MR) is 117 cm³/mol. The molecule has 0 saturated carbocycles. The molecule has 0 bridgehead atoms. The molecular formula is C23H25N5O3. The van der Waals surface area contributed by atoms with Crippen LogP contribution in [0.15, 0.2) is 47.4 Å². The molecule has 1 saturated heterocycles. The molecule has 2 N–H and O–H groups in total. The van der Waals surface area contributed by atoms with Gasteiger partial charge in [0.25, 0.3) is 12.0 Å². The number of benzene rings is 1. The van der Waals surface area contributed by atoms with Gasteiger partial charge in [0.05, 0.1) is 5.69 Å². The molecule has 1 spiro atoms. The number of nitrogens with zero attached hydrogens (tertiary/aromatic N) is 4. The lowest BCUT2D eigenvalue weighted by molar-refractivity contribution is -0.122. The summed E-state index contributed by atoms with van der Waals surface area (Å²) in [5.41, 5.74) is 2.89. The average molecular weight is 419 g/mol. The maximum atomic E-state index is 12.7. The number of H-pyrrole nitrogens is 1. The van der Waals surface area contributed by atoms with Crippen LogP contribution in [-0.2, 0) is 16.6 Å². The first kappa shape index (κ1) is 20.7. The summed E-state index contributed by atoms with van der Waals surface area (Å²) in [6.07, 6.45) is 5.63. The molecule has 1 aliphatic carbocycles. The largest absolute Gasteiger partial charge is 0.483 e. The van der Waals surface area contributed by atoms with Crippen LogP contribution in [0.5, 0.6) is 0 Å². The number of anilines is 1. The maximum absolute atomic E-state index is 12.7. The van der Waals surface area contributed by atoms with Crippen molar-refractivity contribution < 1.29 is 9.90 Å². The molecule has 0 unspecified atom stereocenters. The first-order valence-corrected chi connectivity index (χ1v) is 10.4. The zero-order chi connectivity index (χ0) is 21.8. The number of fused-ring (bicyclic) bond motifs is 2. The van der Waals surface area contributed by atoms with Crippen molar-refractivity contribution in [1.82, 2.24) is 19.9 Å². The Morgan fingerprint density at radius 3 is 2.48 bits per heavy atom. The summed E-state index contributed by atoms with van der Waals surface area (Å²) in [4.78, 5) is 40.1. The van der Waals surface area contributed by atoms with E-state index in [9.17, 15) is 4.79 Å². The molecule has 5 rings (SSSR count). The topological polar surface area (TPSA) is 112 Å². The minimum atomic E-state index is -0.250. The van der Waals surface area contributed by atoms with Crippen molar-refractivity contribution in [2.75, 3.05) is 18.0 Å². The average Bonchev–Trinajstić information content (AvgIpc) is 3.14. The van der Waals surface area contributed by atoms with Gasteiger partial charge in [0, 0.05) is 35.8 Å². The molecule has 1 aromatic carbocycles. The normalized spacial score (nSPS) is 16.4. The third kappa shape index (κ3) is 4.05. The van der Waals surface area contributed by atoms with Crippen LogP contribution in [0.3, 0.4) is 0 Å². The number of hydrogen-bond donors (Lipinski definition) is 2. The Morgan fingerprint density at radius 1 is 1.10 bits per heavy atom. The van der Waals surface area contributed by atoms with Crippen molar-refractivity contribution in [2.24, 2.45) is 0 Å². The molecule has 1 aliphatic heterocycles. The van der Waals surface area contributed by atoms with Crippen LogP contribution >= 0.6 is 0 Å². The second kappa shape index (κ2) is 8.67. The van der Waals surface area contributed by atoms with Crippen molar-refractivity contribution in [2.45, 2.75) is 38.0 Å². The Balaban J connectivity index is 0.000000730. The number of rotatable bonds is 2. The molecule has 0 atom stereocenters. The molecule has 160 valence electrons. The van der Waals surface area contributed by atoms with E-state index in [4.69, 9.17) is 14.9 Å². The van der Waals surface area contributed by atoms with Crippen LogP contribution < -0.4 is 10.5 Å². The number of piperidine rings is 1. The van der Waals surface area contributed by atoms with Gasteiger partial charge in [-0.25, -0.2) is 15.0 Å². The van der Waals surface area contributed by atoms with Gasteiger partial charge in [-0.1, -0.05) is 30.3 Å². The standard InChI is InChI=1S/C22H23N5O.CH2O2/c1-15-23-12-8-18(24-15)27-13-10-22(11-14-27)9-7-17-19(22)25-20(26-21(17)28)16-5-3-2-4-6-16;2-1-3/h2-6,8,12H,7,9-11,13-14H2,1H3,(H,25,26,28);1H,(H,2,3). The molecule has 3 heterocycles. The Kier molecular flexibility index (Phi) is 5.79. The quantitative estimate of drug-likeness (QED) is 0.614. The van der Waals surface area contributed by atoms with Gasteiger partial charge in [0.15, 0.2) is 0 Å². The van der Waals surface area contributed by atoms with Crippen LogP contribution in [0.1, 0.15) is 36.3 Å². The summed E-state index contributed by atoms with van der Waals surface area (Å²) in [5, 5.41) is 6.89. The van der Waals surface area contributed by atoms with E-state index in [1.165, 1.54) is 0 Å². The van der Waals surface area contributed by atoms with Crippen molar-refractivity contribution in [3.05, 3.63) is 70.0 Å². The fourth-order valence-corrected chi connectivity index (χ4v) is 4.65. The SMILES string of the molecule is Cc1nccc(N2CCC3(CCc4c3nc(-c3ccccc3)[nH]c4=O)CC2)n1.O=CO. The minimum Gasteiger partial charge on any atom is -0.483 e. The summed E-state index contributed by atoms with van der Waals surface area (Å²) in [6, 6.07) is 11.9. The van der Waals surface area contributed by atoms with Gasteiger partial charge in [-0.15, -0.1) is 0 Å². The van der Waals surface area contributed by atoms with Crippen LogP contribution in [0.4, 0.5) is 5.82 Å². The lowest BCUT2D eigenvalue weighted by Gasteiger charge is -2.40. The lowest BCUT2D eigenvalue weighted by Crippen LogP contribution is -2.42. The number of nitrogens with one attached hydrogen (secondary N) is 1. The van der Waals surface area contributed by atoms with Crippen LogP contribution in [0.2, 0.25) is 0 Å². The molecule has 31 heavy (non-hydrogen) atoms. The smallest absolute Gasteiger partial charge is 0.290 e. The summed E-state index contributed by atoms with van der Waals surface area (Å²) in [5.74, 6) is 2.47. The third-order valence-corrected chi connectivity index (χ3v) is 6.22. The van der Waals surface area contributed by atoms with Gasteiger partial charge in [0.1, 0.15) is 17.5 Å². The van der Waals surface area contributed by atoms with E-state index >= 15 is 0 Å². The number of carboxylic acid groups (broad SMARTS) is 1. The van der Waals surface area contributed by atoms with E-state index < -0.39 is 0 Å². The highest BCUT2D eigenvalue weighted by atomic mass is 16.3. The van der Waals surface area contributed by atoms with Crippen LogP contribution in [-0.4, -0.2) is 44.6 Å². The predicted octanol–water partition coefficient (Wildman–Crippen LogP) is 2.72. The fraction of sp³-hybridized carbons (Fsp3) is 0.348. The van der Waals surface area contributed by atoms with E-state index in [1.807, 2.05) is 49.5 Å². The summed E-state index contributed by atoms with van der Waals surface area (Å²) >= 11 is 0. The monoisotopic (exact) mass is 419 g/mol. The van der Waals surface area contributed by atoms with Gasteiger partial charge in [0.2, 0.25) is 0 Å². The van der Waals surface area contributed by atoms with E-state index in [0.717, 1.165) is 67.2 Å². The van der Waals surface area contributed by atoms with E-state index in [0.29, 0.717) is 5.82 Å². The number of carbonyl (C=O) groups is 1. The van der Waals surface area contributed by atoms with Gasteiger partial charge in [-0.2, -0.15) is 0 Å². The van der Waals surface area contributed by atoms with E-state index in [1.54, 1.807) is 0 Å². The first-order chi connectivity index (χ1) is 15.1. The molecule has 2 aliphatic rings. The van der Waals surface area contributed by atoms with Gasteiger partial charge < -0.3 is 15.0 Å². The van der Waals surface area contributed by atoms with Gasteiger partial charge in [-0.3, -0.25) is 9.59 Å². The summed E-state index contributed by atoms with van der Waals surface area (Å²) < 4.78 is 0. The number of aryl methyl sites for hydroxylation is 1. The van der Waals surface area contributed by atoms with Crippen LogP contribution in [0.25, 0.3) is 11.4 Å². The Morgan fingerprint density at radius 2 is 1.81 bits per heavy atom. The highest BCUT2D eigenvalue weighted by Gasteiger charge is 2.44.